The molecule has 38 heavy (non-hydrogen) atoms. The SMILES string of the molecule is CCN1C(=O)N(C2CC[C@H](Oc3ccccc3)C2)C(=O)C12CCN(Cc1ccc(N3CCCC3)cc1)CC2. The number of hydrogen-bond donors (Lipinski definition) is 0. The number of imide groups is 1. The van der Waals surface area contributed by atoms with Crippen molar-refractivity contribution in [1.82, 2.24) is 14.7 Å². The fraction of sp³-hybridized carbons (Fsp3) is 0.548. The lowest BCUT2D eigenvalue weighted by atomic mass is 9.85. The van der Waals surface area contributed by atoms with Crippen LogP contribution in [0.15, 0.2) is 54.6 Å². The maximum Gasteiger partial charge on any atom is 0.327 e. The smallest absolute Gasteiger partial charge is 0.327 e. The predicted octanol–water partition coefficient (Wildman–Crippen LogP) is 4.91. The molecule has 4 aliphatic rings. The topological polar surface area (TPSA) is 56.3 Å². The molecule has 1 aliphatic carbocycles. The van der Waals surface area contributed by atoms with Crippen molar-refractivity contribution >= 4 is 17.6 Å². The first-order valence-corrected chi connectivity index (χ1v) is 14.5. The van der Waals surface area contributed by atoms with E-state index in [-0.39, 0.29) is 24.1 Å². The molecular formula is C31H40N4O3. The van der Waals surface area contributed by atoms with Gasteiger partial charge in [-0.3, -0.25) is 14.6 Å². The van der Waals surface area contributed by atoms with E-state index in [1.54, 1.807) is 4.90 Å². The van der Waals surface area contributed by atoms with Gasteiger partial charge in [0.25, 0.3) is 5.91 Å². The molecular weight excluding hydrogens is 476 g/mol. The van der Waals surface area contributed by atoms with Crippen molar-refractivity contribution < 1.29 is 14.3 Å². The third kappa shape index (κ3) is 4.66. The van der Waals surface area contributed by atoms with E-state index >= 15 is 0 Å². The molecule has 3 aliphatic heterocycles. The minimum Gasteiger partial charge on any atom is -0.490 e. The quantitative estimate of drug-likeness (QED) is 0.490. The van der Waals surface area contributed by atoms with Crippen molar-refractivity contribution in [2.24, 2.45) is 0 Å². The number of hydrogen-bond acceptors (Lipinski definition) is 5. The second kappa shape index (κ2) is 10.6. The van der Waals surface area contributed by atoms with E-state index in [2.05, 4.69) is 34.1 Å². The molecule has 4 fully saturated rings. The number of nitrogens with zero attached hydrogens (tertiary/aromatic N) is 4. The zero-order valence-electron chi connectivity index (χ0n) is 22.6. The van der Waals surface area contributed by atoms with Crippen LogP contribution >= 0.6 is 0 Å². The van der Waals surface area contributed by atoms with Gasteiger partial charge in [-0.1, -0.05) is 30.3 Å². The Morgan fingerprint density at radius 3 is 2.29 bits per heavy atom. The molecule has 7 heteroatoms. The molecule has 3 amide bonds. The molecule has 1 spiro atoms. The Balaban J connectivity index is 1.08. The van der Waals surface area contributed by atoms with Crippen LogP contribution in [0.3, 0.4) is 0 Å². The molecule has 2 aromatic carbocycles. The van der Waals surface area contributed by atoms with Crippen LogP contribution in [0.4, 0.5) is 10.5 Å². The molecule has 2 atom stereocenters. The number of likely N-dealkylation sites (tertiary alicyclic amines) is 1. The summed E-state index contributed by atoms with van der Waals surface area (Å²) in [4.78, 5) is 35.9. The molecule has 7 nitrogen and oxygen atoms in total. The number of carbonyl (C=O) groups excluding carboxylic acids is 2. The van der Waals surface area contributed by atoms with Crippen LogP contribution < -0.4 is 9.64 Å². The highest BCUT2D eigenvalue weighted by molar-refractivity contribution is 6.07. The maximum atomic E-state index is 13.9. The highest BCUT2D eigenvalue weighted by atomic mass is 16.5. The van der Waals surface area contributed by atoms with E-state index in [1.165, 1.54) is 24.1 Å². The predicted molar refractivity (Wildman–Crippen MR) is 148 cm³/mol. The second-order valence-electron chi connectivity index (χ2n) is 11.4. The number of piperidine rings is 1. The Bertz CT molecular complexity index is 1120. The lowest BCUT2D eigenvalue weighted by Crippen LogP contribution is -2.56. The van der Waals surface area contributed by atoms with Crippen molar-refractivity contribution in [3.8, 4) is 5.75 Å². The van der Waals surface area contributed by atoms with Gasteiger partial charge in [0.1, 0.15) is 17.4 Å². The summed E-state index contributed by atoms with van der Waals surface area (Å²) in [7, 11) is 0. The van der Waals surface area contributed by atoms with Gasteiger partial charge in [-0.05, 0) is 75.3 Å². The maximum absolute atomic E-state index is 13.9. The van der Waals surface area contributed by atoms with E-state index in [1.807, 2.05) is 42.2 Å². The average molecular weight is 517 g/mol. The lowest BCUT2D eigenvalue weighted by Gasteiger charge is -2.42. The van der Waals surface area contributed by atoms with Gasteiger partial charge in [0.15, 0.2) is 0 Å². The number of para-hydroxylation sites is 1. The lowest BCUT2D eigenvalue weighted by molar-refractivity contribution is -0.137. The van der Waals surface area contributed by atoms with Crippen LogP contribution in [0.1, 0.15) is 57.4 Å². The van der Waals surface area contributed by atoms with Crippen molar-refractivity contribution in [3.63, 3.8) is 0 Å². The highest BCUT2D eigenvalue weighted by Gasteiger charge is 2.59. The summed E-state index contributed by atoms with van der Waals surface area (Å²) in [5, 5.41) is 0. The Hall–Kier alpha value is -3.06. The fourth-order valence-corrected chi connectivity index (χ4v) is 7.06. The van der Waals surface area contributed by atoms with Crippen molar-refractivity contribution in [2.75, 3.05) is 37.6 Å². The molecule has 1 saturated carbocycles. The number of benzene rings is 2. The fourth-order valence-electron chi connectivity index (χ4n) is 7.06. The standard InChI is InChI=1S/C31H40N4O3/c1-2-34-30(37)35(26-14-15-28(22-26)38-27-8-4-3-5-9-27)29(36)31(34)16-20-32(21-17-31)23-24-10-12-25(13-11-24)33-18-6-7-19-33/h3-5,8-13,26,28H,2,6-7,14-23H2,1H3/t26?,28-/m0/s1. The monoisotopic (exact) mass is 516 g/mol. The molecule has 0 aromatic heterocycles. The van der Waals surface area contributed by atoms with E-state index < -0.39 is 5.54 Å². The summed E-state index contributed by atoms with van der Waals surface area (Å²) in [6, 6.07) is 18.6. The second-order valence-corrected chi connectivity index (χ2v) is 11.4. The summed E-state index contributed by atoms with van der Waals surface area (Å²) in [5.41, 5.74) is 1.93. The normalized spacial score (nSPS) is 25.7. The molecule has 0 N–H and O–H groups in total. The summed E-state index contributed by atoms with van der Waals surface area (Å²) in [5.74, 6) is 0.867. The van der Waals surface area contributed by atoms with Crippen LogP contribution in [0, 0.1) is 0 Å². The van der Waals surface area contributed by atoms with Crippen LogP contribution in [-0.2, 0) is 11.3 Å². The number of amides is 3. The minimum atomic E-state index is -0.694. The van der Waals surface area contributed by atoms with Gasteiger partial charge in [-0.25, -0.2) is 4.79 Å². The number of likely N-dealkylation sites (N-methyl/N-ethyl adjacent to an activating group) is 1. The molecule has 202 valence electrons. The van der Waals surface area contributed by atoms with E-state index in [9.17, 15) is 9.59 Å². The van der Waals surface area contributed by atoms with Crippen LogP contribution in [-0.4, -0.2) is 77.0 Å². The van der Waals surface area contributed by atoms with Crippen LogP contribution in [0.25, 0.3) is 0 Å². The number of urea groups is 1. The third-order valence-corrected chi connectivity index (χ3v) is 9.15. The average Bonchev–Trinajstić information content (AvgIpc) is 3.68. The molecule has 3 saturated heterocycles. The molecule has 6 rings (SSSR count). The van der Waals surface area contributed by atoms with Crippen LogP contribution in [0.5, 0.6) is 5.75 Å². The Labute approximate surface area is 226 Å². The van der Waals surface area contributed by atoms with E-state index in [0.717, 1.165) is 51.3 Å². The first kappa shape index (κ1) is 25.2. The highest BCUT2D eigenvalue weighted by Crippen LogP contribution is 2.41. The van der Waals surface area contributed by atoms with E-state index in [4.69, 9.17) is 4.74 Å². The summed E-state index contributed by atoms with van der Waals surface area (Å²) in [6.07, 6.45) is 6.38. The molecule has 0 bridgehead atoms. The molecule has 3 heterocycles. The minimum absolute atomic E-state index is 0.0179. The van der Waals surface area contributed by atoms with Crippen molar-refractivity contribution in [2.45, 2.75) is 76.1 Å². The van der Waals surface area contributed by atoms with Gasteiger partial charge in [-0.2, -0.15) is 0 Å². The van der Waals surface area contributed by atoms with Gasteiger partial charge in [0.05, 0.1) is 0 Å². The zero-order valence-corrected chi connectivity index (χ0v) is 22.6. The molecule has 2 aromatic rings. The first-order valence-electron chi connectivity index (χ1n) is 14.5. The van der Waals surface area contributed by atoms with E-state index in [0.29, 0.717) is 25.8 Å². The summed E-state index contributed by atoms with van der Waals surface area (Å²) < 4.78 is 6.16. The Kier molecular flexibility index (Phi) is 7.04. The first-order chi connectivity index (χ1) is 18.6. The zero-order chi connectivity index (χ0) is 26.1. The number of ether oxygens (including phenoxy) is 1. The number of carbonyl (C=O) groups is 2. The number of rotatable bonds is 7. The Morgan fingerprint density at radius 2 is 1.61 bits per heavy atom. The van der Waals surface area contributed by atoms with Crippen molar-refractivity contribution in [3.05, 3.63) is 60.2 Å². The van der Waals surface area contributed by atoms with Crippen molar-refractivity contribution in [1.29, 1.82) is 0 Å². The largest absolute Gasteiger partial charge is 0.490 e. The van der Waals surface area contributed by atoms with Gasteiger partial charge < -0.3 is 14.5 Å². The Morgan fingerprint density at radius 1 is 0.895 bits per heavy atom. The van der Waals surface area contributed by atoms with Crippen LogP contribution in [0.2, 0.25) is 0 Å². The molecule has 0 radical (unpaired) electrons. The van der Waals surface area contributed by atoms with Gasteiger partial charge in [-0.15, -0.1) is 0 Å². The van der Waals surface area contributed by atoms with Gasteiger partial charge >= 0.3 is 6.03 Å². The number of anilines is 1. The van der Waals surface area contributed by atoms with Gasteiger partial charge in [0, 0.05) is 57.4 Å². The van der Waals surface area contributed by atoms with Gasteiger partial charge in [0.2, 0.25) is 0 Å². The summed E-state index contributed by atoms with van der Waals surface area (Å²) in [6.45, 7) is 7.41. The molecule has 1 unspecified atom stereocenters. The summed E-state index contributed by atoms with van der Waals surface area (Å²) >= 11 is 0. The third-order valence-electron chi connectivity index (χ3n) is 9.15.